The van der Waals surface area contributed by atoms with Gasteiger partial charge in [0.15, 0.2) is 0 Å². The first-order chi connectivity index (χ1) is 16.0. The number of rotatable bonds is 7. The van der Waals surface area contributed by atoms with Gasteiger partial charge in [-0.2, -0.15) is 0 Å². The van der Waals surface area contributed by atoms with Gasteiger partial charge in [0.05, 0.1) is 13.7 Å². The quantitative estimate of drug-likeness (QED) is 0.670. The molecule has 2 fully saturated rings. The minimum Gasteiger partial charge on any atom is -0.497 e. The number of hydrogen-bond acceptors (Lipinski definition) is 5. The van der Waals surface area contributed by atoms with Crippen LogP contribution >= 0.6 is 0 Å². The zero-order valence-electron chi connectivity index (χ0n) is 19.5. The van der Waals surface area contributed by atoms with Crippen LogP contribution in [0.4, 0.5) is 16.2 Å². The summed E-state index contributed by atoms with van der Waals surface area (Å²) in [6.45, 7) is 5.38. The molecule has 33 heavy (non-hydrogen) atoms. The maximum absolute atomic E-state index is 12.8. The minimum atomic E-state index is -0.0403. The fourth-order valence-electron chi connectivity index (χ4n) is 4.72. The summed E-state index contributed by atoms with van der Waals surface area (Å²) in [5.41, 5.74) is 3.23. The van der Waals surface area contributed by atoms with Gasteiger partial charge in [0.2, 0.25) is 0 Å². The fourth-order valence-corrected chi connectivity index (χ4v) is 4.72. The highest BCUT2D eigenvalue weighted by atomic mass is 16.5. The number of carbonyl (C=O) groups excluding carboxylic acids is 2. The van der Waals surface area contributed by atoms with Crippen LogP contribution in [0.5, 0.6) is 5.75 Å². The van der Waals surface area contributed by atoms with E-state index in [2.05, 4.69) is 39.8 Å². The van der Waals surface area contributed by atoms with Crippen LogP contribution in [0.3, 0.4) is 0 Å². The monoisotopic (exact) mass is 450 g/mol. The zero-order chi connectivity index (χ0) is 23.2. The molecule has 4 rings (SSSR count). The number of hydrogen-bond donors (Lipinski definition) is 2. The summed E-state index contributed by atoms with van der Waals surface area (Å²) in [4.78, 5) is 28.2. The van der Waals surface area contributed by atoms with E-state index in [4.69, 9.17) is 4.74 Å². The number of urea groups is 1. The number of methoxy groups -OCH3 is 1. The molecule has 2 aromatic rings. The highest BCUT2D eigenvalue weighted by Crippen LogP contribution is 2.30. The standard InChI is InChI=1S/C26H34N4O3/c1-19(31)17-27-23-12-15-30(18-23)24-8-6-22(7-9-24)28-26(32)29-13-10-20(11-14-29)21-4-3-5-25(16-21)33-2/h3-9,16,20,23,27H,10-15,17-18H2,1-2H3,(H,28,32). The van der Waals surface area contributed by atoms with Crippen LogP contribution in [0, 0.1) is 0 Å². The lowest BCUT2D eigenvalue weighted by atomic mass is 9.89. The number of nitrogens with zero attached hydrogens (tertiary/aromatic N) is 2. The summed E-state index contributed by atoms with van der Waals surface area (Å²) in [6, 6.07) is 16.6. The van der Waals surface area contributed by atoms with E-state index < -0.39 is 0 Å². The summed E-state index contributed by atoms with van der Waals surface area (Å²) < 4.78 is 5.34. The molecule has 0 saturated carbocycles. The Balaban J connectivity index is 1.25. The molecular formula is C26H34N4O3. The van der Waals surface area contributed by atoms with E-state index in [1.807, 2.05) is 29.2 Å². The van der Waals surface area contributed by atoms with Crippen molar-refractivity contribution in [1.29, 1.82) is 0 Å². The van der Waals surface area contributed by atoms with Crippen molar-refractivity contribution in [2.75, 3.05) is 50.1 Å². The molecule has 7 heteroatoms. The second-order valence-corrected chi connectivity index (χ2v) is 9.03. The van der Waals surface area contributed by atoms with Crippen LogP contribution in [0.1, 0.15) is 37.7 Å². The maximum atomic E-state index is 12.8. The molecule has 2 aliphatic rings. The van der Waals surface area contributed by atoms with Crippen LogP contribution in [0.25, 0.3) is 0 Å². The Hall–Kier alpha value is -3.06. The van der Waals surface area contributed by atoms with Crippen molar-refractivity contribution < 1.29 is 14.3 Å². The van der Waals surface area contributed by atoms with Crippen LogP contribution in [0.15, 0.2) is 48.5 Å². The Morgan fingerprint density at radius 3 is 2.48 bits per heavy atom. The minimum absolute atomic E-state index is 0.0403. The lowest BCUT2D eigenvalue weighted by Crippen LogP contribution is -2.40. The Morgan fingerprint density at radius 2 is 1.79 bits per heavy atom. The van der Waals surface area contributed by atoms with E-state index in [1.54, 1.807) is 14.0 Å². The fraction of sp³-hybridized carbons (Fsp3) is 0.462. The normalized spacial score (nSPS) is 18.9. The Bertz CT molecular complexity index is 954. The third kappa shape index (κ3) is 6.05. The summed E-state index contributed by atoms with van der Waals surface area (Å²) in [5.74, 6) is 1.50. The van der Waals surface area contributed by atoms with Crippen molar-refractivity contribution in [3.63, 3.8) is 0 Å². The molecular weight excluding hydrogens is 416 g/mol. The third-order valence-electron chi connectivity index (χ3n) is 6.66. The number of anilines is 2. The molecule has 2 N–H and O–H groups in total. The van der Waals surface area contributed by atoms with Gasteiger partial charge in [0.1, 0.15) is 11.5 Å². The van der Waals surface area contributed by atoms with Crippen molar-refractivity contribution in [3.8, 4) is 5.75 Å². The second-order valence-electron chi connectivity index (χ2n) is 9.03. The number of Topliss-reactive ketones (excluding diaryl/α,β-unsaturated/α-hetero) is 1. The molecule has 2 aliphatic heterocycles. The van der Waals surface area contributed by atoms with Crippen LogP contribution < -0.4 is 20.3 Å². The predicted octanol–water partition coefficient (Wildman–Crippen LogP) is 3.86. The first-order valence-corrected chi connectivity index (χ1v) is 11.8. The Morgan fingerprint density at radius 1 is 1.03 bits per heavy atom. The molecule has 7 nitrogen and oxygen atoms in total. The number of likely N-dealkylation sites (tertiary alicyclic amines) is 1. The van der Waals surface area contributed by atoms with Gasteiger partial charge in [0.25, 0.3) is 0 Å². The van der Waals surface area contributed by atoms with Gasteiger partial charge in [-0.05, 0) is 74.1 Å². The average Bonchev–Trinajstić information content (AvgIpc) is 3.32. The Kier molecular flexibility index (Phi) is 7.50. The average molecular weight is 451 g/mol. The number of piperidine rings is 1. The van der Waals surface area contributed by atoms with Crippen LogP contribution in [-0.4, -0.2) is 62.6 Å². The molecule has 0 aromatic heterocycles. The first-order valence-electron chi connectivity index (χ1n) is 11.8. The SMILES string of the molecule is COc1cccc(C2CCN(C(=O)Nc3ccc(N4CCC(NCC(C)=O)C4)cc3)CC2)c1. The van der Waals surface area contributed by atoms with E-state index >= 15 is 0 Å². The summed E-state index contributed by atoms with van der Waals surface area (Å²) in [5, 5.41) is 6.36. The van der Waals surface area contributed by atoms with Crippen molar-refractivity contribution in [1.82, 2.24) is 10.2 Å². The van der Waals surface area contributed by atoms with Gasteiger partial charge >= 0.3 is 6.03 Å². The lowest BCUT2D eigenvalue weighted by Gasteiger charge is -2.32. The molecule has 2 amide bonds. The van der Waals surface area contributed by atoms with Crippen molar-refractivity contribution in [2.45, 2.75) is 38.1 Å². The number of benzene rings is 2. The predicted molar refractivity (Wildman–Crippen MR) is 131 cm³/mol. The molecule has 0 radical (unpaired) electrons. The van der Waals surface area contributed by atoms with E-state index in [9.17, 15) is 9.59 Å². The number of nitrogens with one attached hydrogen (secondary N) is 2. The van der Waals surface area contributed by atoms with E-state index in [-0.39, 0.29) is 11.8 Å². The zero-order valence-corrected chi connectivity index (χ0v) is 19.5. The number of ketones is 1. The smallest absolute Gasteiger partial charge is 0.321 e. The number of carbonyl (C=O) groups is 2. The molecule has 0 spiro atoms. The first kappa shape index (κ1) is 23.1. The molecule has 2 heterocycles. The maximum Gasteiger partial charge on any atom is 0.321 e. The summed E-state index contributed by atoms with van der Waals surface area (Å²) in [7, 11) is 1.69. The van der Waals surface area contributed by atoms with Gasteiger partial charge < -0.3 is 25.2 Å². The van der Waals surface area contributed by atoms with Crippen molar-refractivity contribution in [2.24, 2.45) is 0 Å². The lowest BCUT2D eigenvalue weighted by molar-refractivity contribution is -0.116. The second kappa shape index (κ2) is 10.7. The summed E-state index contributed by atoms with van der Waals surface area (Å²) in [6.07, 6.45) is 2.93. The van der Waals surface area contributed by atoms with Crippen LogP contribution in [-0.2, 0) is 4.79 Å². The molecule has 1 atom stereocenters. The van der Waals surface area contributed by atoms with Gasteiger partial charge in [0, 0.05) is 43.6 Å². The van der Waals surface area contributed by atoms with Crippen molar-refractivity contribution in [3.05, 3.63) is 54.1 Å². The van der Waals surface area contributed by atoms with Crippen LogP contribution in [0.2, 0.25) is 0 Å². The highest BCUT2D eigenvalue weighted by molar-refractivity contribution is 5.89. The molecule has 1 unspecified atom stereocenters. The number of ether oxygens (including phenoxy) is 1. The van der Waals surface area contributed by atoms with E-state index in [0.29, 0.717) is 18.5 Å². The molecule has 2 aromatic carbocycles. The molecule has 0 bridgehead atoms. The third-order valence-corrected chi connectivity index (χ3v) is 6.66. The summed E-state index contributed by atoms with van der Waals surface area (Å²) >= 11 is 0. The van der Waals surface area contributed by atoms with Crippen molar-refractivity contribution >= 4 is 23.2 Å². The topological polar surface area (TPSA) is 73.9 Å². The molecule has 2 saturated heterocycles. The van der Waals surface area contributed by atoms with Gasteiger partial charge in [-0.3, -0.25) is 4.79 Å². The van der Waals surface area contributed by atoms with E-state index in [0.717, 1.165) is 62.6 Å². The molecule has 176 valence electrons. The Labute approximate surface area is 196 Å². The largest absolute Gasteiger partial charge is 0.497 e. The van der Waals surface area contributed by atoms with Gasteiger partial charge in [-0.25, -0.2) is 4.79 Å². The van der Waals surface area contributed by atoms with Gasteiger partial charge in [-0.15, -0.1) is 0 Å². The van der Waals surface area contributed by atoms with E-state index in [1.165, 1.54) is 5.56 Å². The molecule has 0 aliphatic carbocycles. The van der Waals surface area contributed by atoms with Gasteiger partial charge in [-0.1, -0.05) is 12.1 Å². The highest BCUT2D eigenvalue weighted by Gasteiger charge is 2.25. The number of amides is 2.